The van der Waals surface area contributed by atoms with E-state index in [1.165, 1.54) is 22.5 Å². The first-order valence-corrected chi connectivity index (χ1v) is 12.6. The van der Waals surface area contributed by atoms with Gasteiger partial charge in [0.2, 0.25) is 0 Å². The molecule has 0 spiro atoms. The average molecular weight is 460 g/mol. The van der Waals surface area contributed by atoms with E-state index in [2.05, 4.69) is 0 Å². The molecule has 172 valence electrons. The largest absolute Gasteiger partial charge is 0.492 e. The van der Waals surface area contributed by atoms with Crippen LogP contribution < -0.4 is 9.04 Å². The van der Waals surface area contributed by atoms with Gasteiger partial charge in [-0.15, -0.1) is 0 Å². The SMILES string of the molecule is CC[C@H]1CCc2ccccc2N1S(=O)(=O)c1ccc(OCC2CCOCC2)c(C(=O)O)c1. The number of nitrogens with zero attached hydrogens (tertiary/aromatic N) is 1. The van der Waals surface area contributed by atoms with Gasteiger partial charge in [-0.25, -0.2) is 13.2 Å². The summed E-state index contributed by atoms with van der Waals surface area (Å²) in [5.41, 5.74) is 1.51. The average Bonchev–Trinajstić information content (AvgIpc) is 2.82. The number of hydrogen-bond acceptors (Lipinski definition) is 5. The molecule has 2 aromatic carbocycles. The van der Waals surface area contributed by atoms with Gasteiger partial charge < -0.3 is 14.6 Å². The summed E-state index contributed by atoms with van der Waals surface area (Å²) in [7, 11) is -3.95. The maximum Gasteiger partial charge on any atom is 0.339 e. The quantitative estimate of drug-likeness (QED) is 0.670. The summed E-state index contributed by atoms with van der Waals surface area (Å²) in [4.78, 5) is 11.9. The minimum Gasteiger partial charge on any atom is -0.492 e. The lowest BCUT2D eigenvalue weighted by atomic mass is 9.97. The van der Waals surface area contributed by atoms with Gasteiger partial charge >= 0.3 is 5.97 Å². The fraction of sp³-hybridized carbons (Fsp3) is 0.458. The zero-order chi connectivity index (χ0) is 22.7. The van der Waals surface area contributed by atoms with Crippen molar-refractivity contribution in [2.75, 3.05) is 24.1 Å². The molecule has 1 N–H and O–H groups in total. The van der Waals surface area contributed by atoms with E-state index in [4.69, 9.17) is 9.47 Å². The predicted molar refractivity (Wildman–Crippen MR) is 121 cm³/mol. The minimum absolute atomic E-state index is 0.0385. The van der Waals surface area contributed by atoms with Crippen molar-refractivity contribution in [3.05, 3.63) is 53.6 Å². The molecule has 1 atom stereocenters. The van der Waals surface area contributed by atoms with Crippen LogP contribution in [-0.2, 0) is 21.2 Å². The molecule has 8 heteroatoms. The number of carboxylic acid groups (broad SMARTS) is 1. The van der Waals surface area contributed by atoms with Gasteiger partial charge in [-0.05, 0) is 67.9 Å². The number of ether oxygens (including phenoxy) is 2. The summed E-state index contributed by atoms with van der Waals surface area (Å²) in [6.45, 7) is 3.70. The first kappa shape index (κ1) is 22.6. The van der Waals surface area contributed by atoms with Crippen molar-refractivity contribution in [1.29, 1.82) is 0 Å². The maximum atomic E-state index is 13.7. The number of hydrogen-bond donors (Lipinski definition) is 1. The van der Waals surface area contributed by atoms with Crippen LogP contribution in [0.2, 0.25) is 0 Å². The topological polar surface area (TPSA) is 93.1 Å². The van der Waals surface area contributed by atoms with Crippen molar-refractivity contribution >= 4 is 21.7 Å². The molecule has 0 amide bonds. The zero-order valence-electron chi connectivity index (χ0n) is 18.2. The van der Waals surface area contributed by atoms with Crippen LogP contribution in [0.1, 0.15) is 48.5 Å². The summed E-state index contributed by atoms with van der Waals surface area (Å²) in [6, 6.07) is 11.5. The highest BCUT2D eigenvalue weighted by atomic mass is 32.2. The van der Waals surface area contributed by atoms with Gasteiger partial charge in [-0.2, -0.15) is 0 Å². The Kier molecular flexibility index (Phi) is 6.71. The van der Waals surface area contributed by atoms with Gasteiger partial charge in [-0.3, -0.25) is 4.31 Å². The van der Waals surface area contributed by atoms with Crippen LogP contribution in [0.15, 0.2) is 47.4 Å². The fourth-order valence-electron chi connectivity index (χ4n) is 4.47. The highest BCUT2D eigenvalue weighted by Crippen LogP contribution is 2.37. The van der Waals surface area contributed by atoms with Gasteiger partial charge in [0, 0.05) is 19.3 Å². The molecule has 0 radical (unpaired) electrons. The van der Waals surface area contributed by atoms with Crippen molar-refractivity contribution in [3.63, 3.8) is 0 Å². The Morgan fingerprint density at radius 2 is 1.91 bits per heavy atom. The number of fused-ring (bicyclic) bond motifs is 1. The Hall–Kier alpha value is -2.58. The number of sulfonamides is 1. The molecule has 1 fully saturated rings. The van der Waals surface area contributed by atoms with Crippen LogP contribution >= 0.6 is 0 Å². The van der Waals surface area contributed by atoms with Crippen LogP contribution in [0.25, 0.3) is 0 Å². The Morgan fingerprint density at radius 1 is 1.16 bits per heavy atom. The number of carboxylic acids is 1. The molecule has 0 aromatic heterocycles. The van der Waals surface area contributed by atoms with E-state index in [9.17, 15) is 18.3 Å². The summed E-state index contributed by atoms with van der Waals surface area (Å²) in [6.07, 6.45) is 3.94. The molecule has 0 unspecified atom stereocenters. The number of anilines is 1. The van der Waals surface area contributed by atoms with E-state index in [1.54, 1.807) is 0 Å². The highest BCUT2D eigenvalue weighted by molar-refractivity contribution is 7.92. The molecule has 2 aromatic rings. The highest BCUT2D eigenvalue weighted by Gasteiger charge is 2.35. The molecule has 32 heavy (non-hydrogen) atoms. The Morgan fingerprint density at radius 3 is 2.62 bits per heavy atom. The van der Waals surface area contributed by atoms with Crippen LogP contribution in [-0.4, -0.2) is 45.4 Å². The van der Waals surface area contributed by atoms with Crippen molar-refractivity contribution in [1.82, 2.24) is 0 Å². The molecule has 1 saturated heterocycles. The Labute approximate surface area is 189 Å². The lowest BCUT2D eigenvalue weighted by Crippen LogP contribution is -2.43. The minimum atomic E-state index is -3.95. The number of aryl methyl sites for hydroxylation is 1. The second-order valence-electron chi connectivity index (χ2n) is 8.36. The van der Waals surface area contributed by atoms with Gasteiger partial charge in [0.25, 0.3) is 10.0 Å². The first-order valence-electron chi connectivity index (χ1n) is 11.1. The third-order valence-electron chi connectivity index (χ3n) is 6.33. The predicted octanol–water partition coefficient (Wildman–Crippen LogP) is 4.11. The van der Waals surface area contributed by atoms with Gasteiger partial charge in [0.1, 0.15) is 11.3 Å². The summed E-state index contributed by atoms with van der Waals surface area (Å²) in [5, 5.41) is 9.75. The normalized spacial score (nSPS) is 19.4. The van der Waals surface area contributed by atoms with Crippen molar-refractivity contribution < 1.29 is 27.8 Å². The standard InChI is InChI=1S/C24H29NO6S/c1-2-19-8-7-18-5-3-4-6-22(18)25(19)32(28,29)20-9-10-23(21(15-20)24(26)27)31-16-17-11-13-30-14-12-17/h3-6,9-10,15,17,19H,2,7-8,11-14,16H2,1H3,(H,26,27)/t19-/m0/s1. The van der Waals surface area contributed by atoms with Crippen molar-refractivity contribution in [3.8, 4) is 5.75 Å². The fourth-order valence-corrected chi connectivity index (χ4v) is 6.28. The number of para-hydroxylation sites is 1. The molecular formula is C24H29NO6S. The molecule has 2 heterocycles. The van der Waals surface area contributed by atoms with E-state index in [0.717, 1.165) is 31.2 Å². The van der Waals surface area contributed by atoms with Gasteiger partial charge in [0.05, 0.1) is 17.2 Å². The third-order valence-corrected chi connectivity index (χ3v) is 8.19. The molecule has 4 rings (SSSR count). The lowest BCUT2D eigenvalue weighted by Gasteiger charge is -2.37. The van der Waals surface area contributed by atoms with Crippen molar-refractivity contribution in [2.24, 2.45) is 5.92 Å². The van der Waals surface area contributed by atoms with E-state index in [-0.39, 0.29) is 22.3 Å². The Bertz CT molecular complexity index is 1080. The maximum absolute atomic E-state index is 13.7. The second kappa shape index (κ2) is 9.50. The Balaban J connectivity index is 1.66. The molecule has 0 saturated carbocycles. The summed E-state index contributed by atoms with van der Waals surface area (Å²) < 4.78 is 40.0. The molecular weight excluding hydrogens is 430 g/mol. The molecule has 2 aliphatic rings. The van der Waals surface area contributed by atoms with E-state index < -0.39 is 16.0 Å². The summed E-state index contributed by atoms with van der Waals surface area (Å²) in [5.74, 6) is -0.729. The molecule has 2 aliphatic heterocycles. The van der Waals surface area contributed by atoms with E-state index in [0.29, 0.717) is 37.8 Å². The number of carbonyl (C=O) groups is 1. The smallest absolute Gasteiger partial charge is 0.339 e. The molecule has 7 nitrogen and oxygen atoms in total. The van der Waals surface area contributed by atoms with Gasteiger partial charge in [-0.1, -0.05) is 25.1 Å². The molecule has 0 bridgehead atoms. The van der Waals surface area contributed by atoms with Crippen molar-refractivity contribution in [2.45, 2.75) is 50.0 Å². The zero-order valence-corrected chi connectivity index (χ0v) is 19.0. The molecule has 0 aliphatic carbocycles. The lowest BCUT2D eigenvalue weighted by molar-refractivity contribution is 0.0490. The van der Waals surface area contributed by atoms with Crippen LogP contribution in [0.4, 0.5) is 5.69 Å². The first-order chi connectivity index (χ1) is 15.4. The monoisotopic (exact) mass is 459 g/mol. The van der Waals surface area contributed by atoms with Gasteiger partial charge in [0.15, 0.2) is 0 Å². The van der Waals surface area contributed by atoms with Crippen LogP contribution in [0.3, 0.4) is 0 Å². The van der Waals surface area contributed by atoms with Crippen LogP contribution in [0, 0.1) is 5.92 Å². The second-order valence-corrected chi connectivity index (χ2v) is 10.2. The number of rotatable bonds is 7. The number of benzene rings is 2. The number of aromatic carboxylic acids is 1. The summed E-state index contributed by atoms with van der Waals surface area (Å²) >= 11 is 0. The van der Waals surface area contributed by atoms with Crippen LogP contribution in [0.5, 0.6) is 5.75 Å². The van der Waals surface area contributed by atoms with E-state index in [1.807, 2.05) is 31.2 Å². The third kappa shape index (κ3) is 4.47. The van der Waals surface area contributed by atoms with E-state index >= 15 is 0 Å².